The average Bonchev–Trinajstić information content (AvgIpc) is 2.90. The number of rotatable bonds is 1. The number of hydrogen-bond donors (Lipinski definition) is 1. The van der Waals surface area contributed by atoms with Crippen LogP contribution in [0.1, 0.15) is 29.8 Å². The van der Waals surface area contributed by atoms with Gasteiger partial charge in [-0.1, -0.05) is 5.16 Å². The standard InChI is InChI=1S/C11H13N3O3/c15-10-5-7-1-2-8(6-12-10)14(7)11(16)9-3-4-13-17-9/h3-4,7-8H,1-2,5-6H2,(H,12,15)/t7-,8+/m1/s1. The van der Waals surface area contributed by atoms with Crippen LogP contribution in [0.2, 0.25) is 0 Å². The molecule has 0 aromatic carbocycles. The molecule has 2 atom stereocenters. The fourth-order valence-electron chi connectivity index (χ4n) is 2.66. The van der Waals surface area contributed by atoms with Crippen LogP contribution in [0.15, 0.2) is 16.8 Å². The van der Waals surface area contributed by atoms with Crippen LogP contribution in [0.25, 0.3) is 0 Å². The van der Waals surface area contributed by atoms with Crippen molar-refractivity contribution in [1.82, 2.24) is 15.4 Å². The van der Waals surface area contributed by atoms with Gasteiger partial charge in [-0.3, -0.25) is 9.59 Å². The van der Waals surface area contributed by atoms with E-state index in [4.69, 9.17) is 4.52 Å². The van der Waals surface area contributed by atoms with Crippen LogP contribution in [-0.4, -0.2) is 40.5 Å². The van der Waals surface area contributed by atoms with Crippen LogP contribution < -0.4 is 5.32 Å². The molecular weight excluding hydrogens is 222 g/mol. The molecule has 0 spiro atoms. The third-order valence-electron chi connectivity index (χ3n) is 3.46. The second-order valence-electron chi connectivity index (χ2n) is 4.48. The molecule has 6 nitrogen and oxygen atoms in total. The van der Waals surface area contributed by atoms with E-state index in [1.807, 2.05) is 0 Å². The van der Waals surface area contributed by atoms with Gasteiger partial charge in [0.15, 0.2) is 0 Å². The van der Waals surface area contributed by atoms with Crippen LogP contribution in [0.5, 0.6) is 0 Å². The molecule has 2 bridgehead atoms. The summed E-state index contributed by atoms with van der Waals surface area (Å²) in [7, 11) is 0. The largest absolute Gasteiger partial charge is 0.354 e. The Balaban J connectivity index is 1.87. The SMILES string of the molecule is O=C1C[C@H]2CC[C@@H](CN1)N2C(=O)c1ccno1. The van der Waals surface area contributed by atoms with E-state index in [0.717, 1.165) is 12.8 Å². The van der Waals surface area contributed by atoms with E-state index in [2.05, 4.69) is 10.5 Å². The highest BCUT2D eigenvalue weighted by molar-refractivity contribution is 5.92. The maximum Gasteiger partial charge on any atom is 0.293 e. The zero-order chi connectivity index (χ0) is 11.8. The lowest BCUT2D eigenvalue weighted by atomic mass is 10.1. The maximum absolute atomic E-state index is 12.2. The van der Waals surface area contributed by atoms with Gasteiger partial charge in [-0.2, -0.15) is 0 Å². The summed E-state index contributed by atoms with van der Waals surface area (Å²) in [5, 5.41) is 6.37. The Labute approximate surface area is 97.9 Å². The van der Waals surface area contributed by atoms with E-state index in [0.29, 0.717) is 13.0 Å². The molecule has 2 aliphatic rings. The highest BCUT2D eigenvalue weighted by Crippen LogP contribution is 2.29. The minimum Gasteiger partial charge on any atom is -0.354 e. The number of carbonyl (C=O) groups is 2. The molecule has 0 unspecified atom stereocenters. The highest BCUT2D eigenvalue weighted by atomic mass is 16.5. The monoisotopic (exact) mass is 235 g/mol. The molecule has 2 saturated heterocycles. The summed E-state index contributed by atoms with van der Waals surface area (Å²) >= 11 is 0. The lowest BCUT2D eigenvalue weighted by Gasteiger charge is -2.25. The molecule has 1 N–H and O–H groups in total. The second kappa shape index (κ2) is 3.87. The minimum absolute atomic E-state index is 0.0000926. The summed E-state index contributed by atoms with van der Waals surface area (Å²) in [6, 6.07) is 1.64. The quantitative estimate of drug-likeness (QED) is 0.752. The molecule has 3 rings (SSSR count). The van der Waals surface area contributed by atoms with Gasteiger partial charge < -0.3 is 14.7 Å². The van der Waals surface area contributed by atoms with Gasteiger partial charge in [-0.25, -0.2) is 0 Å². The van der Waals surface area contributed by atoms with Crippen molar-refractivity contribution < 1.29 is 14.1 Å². The highest BCUT2D eigenvalue weighted by Gasteiger charge is 2.41. The fraction of sp³-hybridized carbons (Fsp3) is 0.545. The first-order chi connectivity index (χ1) is 8.25. The number of carbonyl (C=O) groups excluding carboxylic acids is 2. The van der Waals surface area contributed by atoms with Crippen molar-refractivity contribution in [2.45, 2.75) is 31.3 Å². The number of amides is 2. The lowest BCUT2D eigenvalue weighted by molar-refractivity contribution is -0.121. The third-order valence-corrected chi connectivity index (χ3v) is 3.46. The summed E-state index contributed by atoms with van der Waals surface area (Å²) in [4.78, 5) is 25.5. The van der Waals surface area contributed by atoms with Crippen molar-refractivity contribution in [3.63, 3.8) is 0 Å². The van der Waals surface area contributed by atoms with Gasteiger partial charge in [0.05, 0.1) is 6.20 Å². The van der Waals surface area contributed by atoms with E-state index in [1.54, 1.807) is 11.0 Å². The topological polar surface area (TPSA) is 75.4 Å². The number of aromatic nitrogens is 1. The van der Waals surface area contributed by atoms with Gasteiger partial charge in [0, 0.05) is 31.1 Å². The van der Waals surface area contributed by atoms with Crippen molar-refractivity contribution >= 4 is 11.8 Å². The first-order valence-electron chi connectivity index (χ1n) is 5.76. The van der Waals surface area contributed by atoms with E-state index in [1.165, 1.54) is 6.20 Å². The molecule has 1 aromatic rings. The number of nitrogens with one attached hydrogen (secondary N) is 1. The van der Waals surface area contributed by atoms with Gasteiger partial charge in [0.25, 0.3) is 5.91 Å². The van der Waals surface area contributed by atoms with Crippen molar-refractivity contribution in [3.8, 4) is 0 Å². The predicted octanol–water partition coefficient (Wildman–Crippen LogP) is 0.168. The lowest BCUT2D eigenvalue weighted by Crippen LogP contribution is -2.42. The predicted molar refractivity (Wildman–Crippen MR) is 57.1 cm³/mol. The Bertz CT molecular complexity index is 443. The van der Waals surface area contributed by atoms with E-state index in [-0.39, 0.29) is 29.7 Å². The zero-order valence-corrected chi connectivity index (χ0v) is 9.26. The molecule has 6 heteroatoms. The number of fused-ring (bicyclic) bond motifs is 2. The van der Waals surface area contributed by atoms with Crippen molar-refractivity contribution in [2.75, 3.05) is 6.54 Å². The normalized spacial score (nSPS) is 27.8. The van der Waals surface area contributed by atoms with Gasteiger partial charge >= 0.3 is 0 Å². The summed E-state index contributed by atoms with van der Waals surface area (Å²) in [6.07, 6.45) is 3.66. The fourth-order valence-corrected chi connectivity index (χ4v) is 2.66. The summed E-state index contributed by atoms with van der Waals surface area (Å²) < 4.78 is 4.89. The molecule has 17 heavy (non-hydrogen) atoms. The molecular formula is C11H13N3O3. The third kappa shape index (κ3) is 1.69. The molecule has 3 heterocycles. The summed E-state index contributed by atoms with van der Waals surface area (Å²) in [6.45, 7) is 0.537. The number of hydrogen-bond acceptors (Lipinski definition) is 4. The minimum atomic E-state index is -0.161. The molecule has 0 aliphatic carbocycles. The molecule has 1 aromatic heterocycles. The van der Waals surface area contributed by atoms with Gasteiger partial charge in [-0.15, -0.1) is 0 Å². The summed E-state index contributed by atoms with van der Waals surface area (Å²) in [5.74, 6) is 0.107. The molecule has 0 saturated carbocycles. The summed E-state index contributed by atoms with van der Waals surface area (Å²) in [5.41, 5.74) is 0. The number of nitrogens with zero attached hydrogens (tertiary/aromatic N) is 2. The van der Waals surface area contributed by atoms with E-state index >= 15 is 0 Å². The average molecular weight is 235 g/mol. The Hall–Kier alpha value is -1.85. The smallest absolute Gasteiger partial charge is 0.293 e. The first-order valence-corrected chi connectivity index (χ1v) is 5.76. The Morgan fingerprint density at radius 2 is 2.29 bits per heavy atom. The van der Waals surface area contributed by atoms with Gasteiger partial charge in [0.2, 0.25) is 11.7 Å². The van der Waals surface area contributed by atoms with Crippen molar-refractivity contribution in [2.24, 2.45) is 0 Å². The molecule has 90 valence electrons. The first kappa shape index (κ1) is 10.3. The van der Waals surface area contributed by atoms with Crippen LogP contribution in [0, 0.1) is 0 Å². The van der Waals surface area contributed by atoms with Crippen molar-refractivity contribution in [1.29, 1.82) is 0 Å². The van der Waals surface area contributed by atoms with E-state index < -0.39 is 0 Å². The van der Waals surface area contributed by atoms with Crippen LogP contribution in [-0.2, 0) is 4.79 Å². The van der Waals surface area contributed by atoms with E-state index in [9.17, 15) is 9.59 Å². The maximum atomic E-state index is 12.2. The Morgan fingerprint density at radius 3 is 3.06 bits per heavy atom. The molecule has 2 amide bonds. The molecule has 2 fully saturated rings. The molecule has 2 aliphatic heterocycles. The Morgan fingerprint density at radius 1 is 1.47 bits per heavy atom. The van der Waals surface area contributed by atoms with Gasteiger partial charge in [-0.05, 0) is 12.8 Å². The van der Waals surface area contributed by atoms with Crippen LogP contribution in [0.4, 0.5) is 0 Å². The Kier molecular flexibility index (Phi) is 2.35. The molecule has 0 radical (unpaired) electrons. The van der Waals surface area contributed by atoms with Gasteiger partial charge in [0.1, 0.15) is 0 Å². The van der Waals surface area contributed by atoms with Crippen LogP contribution in [0.3, 0.4) is 0 Å². The van der Waals surface area contributed by atoms with Crippen LogP contribution >= 0.6 is 0 Å². The zero-order valence-electron chi connectivity index (χ0n) is 9.26. The van der Waals surface area contributed by atoms with Crippen molar-refractivity contribution in [3.05, 3.63) is 18.0 Å². The second-order valence-corrected chi connectivity index (χ2v) is 4.48.